The molecule has 0 spiro atoms. The second-order valence-electron chi connectivity index (χ2n) is 6.45. The Morgan fingerprint density at radius 1 is 1.42 bits per heavy atom. The molecule has 0 saturated carbocycles. The van der Waals surface area contributed by atoms with Crippen LogP contribution in [0.15, 0.2) is 24.3 Å². The van der Waals surface area contributed by atoms with Crippen molar-refractivity contribution < 1.29 is 13.9 Å². The van der Waals surface area contributed by atoms with Crippen LogP contribution in [0, 0.1) is 0 Å². The molecule has 6 nitrogen and oxygen atoms in total. The van der Waals surface area contributed by atoms with Gasteiger partial charge in [-0.05, 0) is 31.0 Å². The number of amides is 1. The lowest BCUT2D eigenvalue weighted by Crippen LogP contribution is -2.37. The average Bonchev–Trinajstić information content (AvgIpc) is 3.08. The number of allylic oxidation sites excluding steroid dienone is 4. The van der Waals surface area contributed by atoms with E-state index in [1.165, 1.54) is 17.4 Å². The number of hydrogen-bond donors (Lipinski definition) is 2. The first-order valence-corrected chi connectivity index (χ1v) is 9.42. The SMILES string of the molecule is NC(=O)c1nnc(OC2CCCNC2)c2cc(C3=CC=CC(F)C3)sc12. The summed E-state index contributed by atoms with van der Waals surface area (Å²) in [6.45, 7) is 1.73. The zero-order valence-electron chi connectivity index (χ0n) is 14.1. The molecule has 3 N–H and O–H groups in total. The Hall–Kier alpha value is -2.32. The van der Waals surface area contributed by atoms with Crippen LogP contribution in [-0.4, -0.2) is 41.5 Å². The molecule has 1 aliphatic carbocycles. The van der Waals surface area contributed by atoms with Crippen LogP contribution in [0.2, 0.25) is 0 Å². The highest BCUT2D eigenvalue weighted by atomic mass is 32.1. The molecule has 1 fully saturated rings. The predicted octanol–water partition coefficient (Wildman–Crippen LogP) is 2.60. The van der Waals surface area contributed by atoms with Crippen molar-refractivity contribution >= 4 is 32.9 Å². The van der Waals surface area contributed by atoms with Gasteiger partial charge >= 0.3 is 0 Å². The van der Waals surface area contributed by atoms with E-state index in [4.69, 9.17) is 10.5 Å². The first-order chi connectivity index (χ1) is 12.6. The van der Waals surface area contributed by atoms with Crippen molar-refractivity contribution in [2.45, 2.75) is 31.5 Å². The Bertz CT molecular complexity index is 902. The van der Waals surface area contributed by atoms with Crippen molar-refractivity contribution in [3.8, 4) is 5.88 Å². The number of rotatable bonds is 4. The highest BCUT2D eigenvalue weighted by Crippen LogP contribution is 2.39. The summed E-state index contributed by atoms with van der Waals surface area (Å²) in [6, 6.07) is 1.89. The number of carbonyl (C=O) groups excluding carboxylic acids is 1. The summed E-state index contributed by atoms with van der Waals surface area (Å²) >= 11 is 1.37. The lowest BCUT2D eigenvalue weighted by molar-refractivity contribution is 0.0996. The first kappa shape index (κ1) is 17.1. The Morgan fingerprint density at radius 3 is 3.04 bits per heavy atom. The zero-order chi connectivity index (χ0) is 18.1. The van der Waals surface area contributed by atoms with Crippen LogP contribution in [-0.2, 0) is 0 Å². The quantitative estimate of drug-likeness (QED) is 0.859. The highest BCUT2D eigenvalue weighted by molar-refractivity contribution is 7.20. The average molecular weight is 374 g/mol. The van der Waals surface area contributed by atoms with Crippen molar-refractivity contribution in [2.75, 3.05) is 13.1 Å². The van der Waals surface area contributed by atoms with Gasteiger partial charge in [0.05, 0.1) is 10.1 Å². The Balaban J connectivity index is 1.75. The zero-order valence-corrected chi connectivity index (χ0v) is 14.9. The van der Waals surface area contributed by atoms with Crippen LogP contribution >= 0.6 is 11.3 Å². The largest absolute Gasteiger partial charge is 0.471 e. The number of thiophene rings is 1. The third kappa shape index (κ3) is 3.34. The summed E-state index contributed by atoms with van der Waals surface area (Å²) in [5.41, 5.74) is 6.45. The number of piperidine rings is 1. The molecule has 8 heteroatoms. The summed E-state index contributed by atoms with van der Waals surface area (Å²) in [5.74, 6) is -0.243. The van der Waals surface area contributed by atoms with Gasteiger partial charge in [0.2, 0.25) is 5.88 Å². The minimum atomic E-state index is -1.00. The molecule has 0 aromatic carbocycles. The molecule has 26 heavy (non-hydrogen) atoms. The van der Waals surface area contributed by atoms with E-state index in [0.717, 1.165) is 36.4 Å². The number of hydrogen-bond acceptors (Lipinski definition) is 6. The van der Waals surface area contributed by atoms with E-state index in [1.807, 2.05) is 12.1 Å². The van der Waals surface area contributed by atoms with E-state index in [-0.39, 0.29) is 11.8 Å². The summed E-state index contributed by atoms with van der Waals surface area (Å²) in [6.07, 6.45) is 6.41. The number of fused-ring (bicyclic) bond motifs is 1. The van der Waals surface area contributed by atoms with Gasteiger partial charge in [-0.3, -0.25) is 4.79 Å². The summed E-state index contributed by atoms with van der Waals surface area (Å²) in [7, 11) is 0. The van der Waals surface area contributed by atoms with E-state index in [9.17, 15) is 9.18 Å². The van der Waals surface area contributed by atoms with Gasteiger partial charge in [-0.2, -0.15) is 0 Å². The number of halogens is 1. The van der Waals surface area contributed by atoms with E-state index in [2.05, 4.69) is 15.5 Å². The van der Waals surface area contributed by atoms with Crippen LogP contribution < -0.4 is 15.8 Å². The molecule has 4 rings (SSSR count). The van der Waals surface area contributed by atoms with Gasteiger partial charge in [-0.25, -0.2) is 4.39 Å². The molecule has 2 aromatic rings. The molecule has 2 aromatic heterocycles. The molecule has 136 valence electrons. The lowest BCUT2D eigenvalue weighted by atomic mass is 10.0. The number of nitrogens with one attached hydrogen (secondary N) is 1. The number of carbonyl (C=O) groups is 1. The molecule has 0 bridgehead atoms. The third-order valence-corrected chi connectivity index (χ3v) is 5.75. The molecular weight excluding hydrogens is 355 g/mol. The fraction of sp³-hybridized carbons (Fsp3) is 0.389. The van der Waals surface area contributed by atoms with Crippen LogP contribution in [0.25, 0.3) is 15.7 Å². The molecule has 1 saturated heterocycles. The predicted molar refractivity (Wildman–Crippen MR) is 99.1 cm³/mol. The third-order valence-electron chi connectivity index (χ3n) is 4.53. The van der Waals surface area contributed by atoms with Crippen LogP contribution in [0.5, 0.6) is 5.88 Å². The number of ether oxygens (including phenoxy) is 1. The number of nitrogens with zero attached hydrogens (tertiary/aromatic N) is 2. The number of aromatic nitrogens is 2. The van der Waals surface area contributed by atoms with Crippen molar-refractivity contribution in [1.29, 1.82) is 0 Å². The normalized spacial score (nSPS) is 23.0. The highest BCUT2D eigenvalue weighted by Gasteiger charge is 2.23. The Morgan fingerprint density at radius 2 is 2.31 bits per heavy atom. The second kappa shape index (κ2) is 7.13. The molecular formula is C18H19FN4O2S. The first-order valence-electron chi connectivity index (χ1n) is 8.61. The van der Waals surface area contributed by atoms with Gasteiger partial charge in [0.15, 0.2) is 5.69 Å². The van der Waals surface area contributed by atoms with E-state index in [0.29, 0.717) is 22.4 Å². The van der Waals surface area contributed by atoms with E-state index in [1.54, 1.807) is 6.08 Å². The molecule has 2 atom stereocenters. The van der Waals surface area contributed by atoms with Gasteiger partial charge in [0.1, 0.15) is 12.3 Å². The molecule has 1 amide bonds. The van der Waals surface area contributed by atoms with Crippen LogP contribution in [0.1, 0.15) is 34.6 Å². The maximum Gasteiger partial charge on any atom is 0.270 e. The minimum absolute atomic E-state index is 0.0103. The van der Waals surface area contributed by atoms with E-state index < -0.39 is 12.1 Å². The fourth-order valence-corrected chi connectivity index (χ4v) is 4.40. The number of nitrogens with two attached hydrogens (primary N) is 1. The number of primary amides is 1. The molecule has 0 radical (unpaired) electrons. The monoisotopic (exact) mass is 374 g/mol. The topological polar surface area (TPSA) is 90.1 Å². The van der Waals surface area contributed by atoms with Gasteiger partial charge < -0.3 is 15.8 Å². The second-order valence-corrected chi connectivity index (χ2v) is 7.51. The maximum atomic E-state index is 13.7. The fourth-order valence-electron chi connectivity index (χ4n) is 3.23. The van der Waals surface area contributed by atoms with Crippen molar-refractivity contribution in [1.82, 2.24) is 15.5 Å². The van der Waals surface area contributed by atoms with Gasteiger partial charge in [-0.1, -0.05) is 18.2 Å². The van der Waals surface area contributed by atoms with E-state index >= 15 is 0 Å². The molecule has 3 heterocycles. The smallest absolute Gasteiger partial charge is 0.270 e. The van der Waals surface area contributed by atoms with Gasteiger partial charge in [0.25, 0.3) is 5.91 Å². The maximum absolute atomic E-state index is 13.7. The summed E-state index contributed by atoms with van der Waals surface area (Å²) in [5, 5.41) is 12.1. The van der Waals surface area contributed by atoms with Crippen molar-refractivity contribution in [3.05, 3.63) is 34.9 Å². The lowest BCUT2D eigenvalue weighted by Gasteiger charge is -2.23. The standard InChI is InChI=1S/C18H19FN4O2S/c19-11-4-1-3-10(7-11)14-8-13-16(26-14)15(17(20)24)22-23-18(13)25-12-5-2-6-21-9-12/h1,3-4,8,11-12,21H,2,5-7,9H2,(H2,20,24). The molecule has 1 aliphatic heterocycles. The number of alkyl halides is 1. The summed E-state index contributed by atoms with van der Waals surface area (Å²) in [4.78, 5) is 12.6. The van der Waals surface area contributed by atoms with Crippen molar-refractivity contribution in [2.24, 2.45) is 5.73 Å². The minimum Gasteiger partial charge on any atom is -0.471 e. The van der Waals surface area contributed by atoms with Crippen LogP contribution in [0.3, 0.4) is 0 Å². The Kier molecular flexibility index (Phi) is 4.69. The van der Waals surface area contributed by atoms with Crippen molar-refractivity contribution in [3.63, 3.8) is 0 Å². The summed E-state index contributed by atoms with van der Waals surface area (Å²) < 4.78 is 20.4. The Labute approximate surface area is 153 Å². The van der Waals surface area contributed by atoms with Crippen LogP contribution in [0.4, 0.5) is 4.39 Å². The van der Waals surface area contributed by atoms with Gasteiger partial charge in [-0.15, -0.1) is 21.5 Å². The molecule has 2 aliphatic rings. The molecule has 2 unspecified atom stereocenters. The van der Waals surface area contributed by atoms with Gasteiger partial charge in [0, 0.05) is 17.8 Å².